The van der Waals surface area contributed by atoms with Gasteiger partial charge in [0.1, 0.15) is 0 Å². The zero-order valence-corrected chi connectivity index (χ0v) is 78.5. The van der Waals surface area contributed by atoms with Crippen LogP contribution in [0.4, 0.5) is 34.1 Å². The third-order valence-corrected chi connectivity index (χ3v) is 24.9. The van der Waals surface area contributed by atoms with E-state index in [1.165, 1.54) is 117 Å². The number of nitrogens with zero attached hydrogens (tertiary/aromatic N) is 7. The van der Waals surface area contributed by atoms with Gasteiger partial charge in [-0.1, -0.05) is 340 Å². The molecular formula is C126H100IrN7O2-. The van der Waals surface area contributed by atoms with Crippen LogP contribution < -0.4 is 9.80 Å². The molecule has 1 aliphatic carbocycles. The Morgan fingerprint density at radius 2 is 0.669 bits per heavy atom. The van der Waals surface area contributed by atoms with Crippen molar-refractivity contribution in [2.24, 2.45) is 0 Å². The molecular weight excluding hydrogens is 1840 g/mol. The Kier molecular flexibility index (Phi) is 28.0. The number of fused-ring (bicyclic) bond motifs is 9. The molecule has 0 fully saturated rings. The van der Waals surface area contributed by atoms with E-state index in [4.69, 9.17) is 10.2 Å². The van der Waals surface area contributed by atoms with E-state index in [1.807, 2.05) is 62.6 Å². The molecule has 2 unspecified atom stereocenters. The molecule has 0 bridgehead atoms. The minimum absolute atomic E-state index is 0. The van der Waals surface area contributed by atoms with Gasteiger partial charge in [-0.2, -0.15) is 0 Å². The fourth-order valence-electron chi connectivity index (χ4n) is 18.8. The van der Waals surface area contributed by atoms with Crippen LogP contribution in [0, 0.1) is 19.9 Å². The first-order valence-corrected chi connectivity index (χ1v) is 46.0. The molecule has 18 aromatic carbocycles. The van der Waals surface area contributed by atoms with Crippen LogP contribution >= 0.6 is 0 Å². The maximum absolute atomic E-state index is 8.56. The summed E-state index contributed by atoms with van der Waals surface area (Å²) in [7, 11) is 0. The second-order valence-corrected chi connectivity index (χ2v) is 33.9. The number of aryl methyl sites for hydroxylation is 2. The summed E-state index contributed by atoms with van der Waals surface area (Å²) >= 11 is 0. The standard InChI is InChI=1S/C43H31N.C42H30N2.C24H16N2.C12H11N2.C5H12O2.Ir/c1-4-14-32(15-5-1)33-24-28-37(29-25-33)44(36-18-8-3-9-19-36)38-30-26-35(27-31-38)43(34-16-6-2-7-17-34)41-22-12-10-20-39(41)40-21-11-13-23-42(40)43;1-4-12-31(13-5-1)32-20-25-37(26-21-32)43(35-14-6-2-7-15-35)38-27-22-33(23-28-38)34-24-29-42-40(30-34)39-18-10-11-19-41(39)44(42)36-16-8-3-9-17-36;1-3-7-17(8-4-1)19-13-15-25-23-21(19)11-12-22-20(14-16-26-24(22)23)18-9-5-2-6-10-18;1-9-8-13-12(10(2)14-9)11-6-4-3-5-7-11;1-4(6)3-5(2)7;/h1-31H;1-30H;1-16H;3-6,8H,1-2H3;4-7H,3H2,1-2H3;/q;;;-1;;. The number of anilines is 6. The summed E-state index contributed by atoms with van der Waals surface area (Å²) in [5.41, 5.74) is 35.5. The zero-order valence-electron chi connectivity index (χ0n) is 76.1. The van der Waals surface area contributed by atoms with Crippen molar-refractivity contribution < 1.29 is 30.3 Å². The Morgan fingerprint density at radius 3 is 1.11 bits per heavy atom. The summed E-state index contributed by atoms with van der Waals surface area (Å²) in [5, 5.41) is 21.9. The molecule has 0 spiro atoms. The van der Waals surface area contributed by atoms with Gasteiger partial charge in [0.05, 0.1) is 45.4 Å². The second kappa shape index (κ2) is 42.2. The molecule has 1 aliphatic rings. The fourth-order valence-corrected chi connectivity index (χ4v) is 18.8. The predicted octanol–water partition coefficient (Wildman–Crippen LogP) is 31.6. The van der Waals surface area contributed by atoms with Crippen molar-refractivity contribution in [3.05, 3.63) is 538 Å². The molecule has 136 heavy (non-hydrogen) atoms. The number of para-hydroxylation sites is 4. The average Bonchev–Trinajstić information content (AvgIpc) is 1.53. The Morgan fingerprint density at radius 1 is 0.309 bits per heavy atom. The first-order chi connectivity index (χ1) is 66.5. The number of aliphatic hydroxyl groups is 2. The predicted molar refractivity (Wildman–Crippen MR) is 562 cm³/mol. The van der Waals surface area contributed by atoms with E-state index in [1.54, 1.807) is 20.0 Å². The molecule has 1 radical (unpaired) electrons. The molecule has 23 rings (SSSR count). The van der Waals surface area contributed by atoms with Crippen LogP contribution in [0.25, 0.3) is 127 Å². The molecule has 9 nitrogen and oxygen atoms in total. The molecule has 0 saturated carbocycles. The molecule has 2 N–H and O–H groups in total. The van der Waals surface area contributed by atoms with Crippen LogP contribution in [0.1, 0.15) is 53.9 Å². The van der Waals surface area contributed by atoms with Gasteiger partial charge in [-0.3, -0.25) is 15.0 Å². The number of benzene rings is 18. The van der Waals surface area contributed by atoms with E-state index >= 15 is 0 Å². The summed E-state index contributed by atoms with van der Waals surface area (Å²) in [4.78, 5) is 22.7. The maximum atomic E-state index is 8.56. The van der Waals surface area contributed by atoms with Gasteiger partial charge in [-0.05, 0) is 238 Å². The Labute approximate surface area is 809 Å². The Bertz CT molecular complexity index is 7570. The van der Waals surface area contributed by atoms with Crippen molar-refractivity contribution in [3.63, 3.8) is 0 Å². The van der Waals surface area contributed by atoms with E-state index in [-0.39, 0.29) is 32.3 Å². The van der Waals surface area contributed by atoms with Crippen LogP contribution in [0.15, 0.2) is 498 Å². The molecule has 0 amide bonds. The largest absolute Gasteiger partial charge is 0.393 e. The van der Waals surface area contributed by atoms with Crippen molar-refractivity contribution >= 4 is 77.7 Å². The van der Waals surface area contributed by atoms with Crippen molar-refractivity contribution in [3.8, 4) is 83.7 Å². The first-order valence-electron chi connectivity index (χ1n) is 46.0. The summed E-state index contributed by atoms with van der Waals surface area (Å²) in [5.74, 6) is 0. The molecule has 0 saturated heterocycles. The fraction of sp³-hybridized carbons (Fsp3) is 0.0635. The second-order valence-electron chi connectivity index (χ2n) is 33.9. The van der Waals surface area contributed by atoms with Crippen LogP contribution in [0.2, 0.25) is 0 Å². The number of hydrogen-bond acceptors (Lipinski definition) is 8. The van der Waals surface area contributed by atoms with Crippen LogP contribution in [-0.4, -0.2) is 46.9 Å². The van der Waals surface area contributed by atoms with Crippen molar-refractivity contribution in [2.45, 2.75) is 51.7 Å². The van der Waals surface area contributed by atoms with Gasteiger partial charge in [-0.25, -0.2) is 0 Å². The molecule has 4 heterocycles. The number of aromatic nitrogens is 5. The molecule has 4 aromatic heterocycles. The SMILES string of the molecule is CC(O)CC(C)O.Cc1cnc(-c2[c-]cccc2)c(C)n1.[Ir].c1ccc(-c2ccc(N(c3ccccc3)c3ccc(-c4ccc5c(c4)c4ccccc4n5-c4ccccc4)cc3)cc2)cc1.c1ccc(-c2ccc(N(c3ccccc3)c3ccc(C4(c5ccccc5)c5ccccc5-c5ccccc54)cc3)cc2)cc1.c1ccc(-c2ccnc3c2ccc2c(-c4ccccc4)ccnc23)cc1. The van der Waals surface area contributed by atoms with Gasteiger partial charge >= 0.3 is 0 Å². The molecule has 2 atom stereocenters. The van der Waals surface area contributed by atoms with E-state index in [2.05, 4.69) is 483 Å². The third-order valence-electron chi connectivity index (χ3n) is 24.9. The topological polar surface area (TPSA) is 103 Å². The Balaban J connectivity index is 0.000000125. The first kappa shape index (κ1) is 90.4. The number of aliphatic hydroxyl groups excluding tert-OH is 2. The van der Waals surface area contributed by atoms with E-state index < -0.39 is 5.41 Å². The summed E-state index contributed by atoms with van der Waals surface area (Å²) in [6.07, 6.45) is 5.26. The van der Waals surface area contributed by atoms with E-state index in [9.17, 15) is 0 Å². The Hall–Kier alpha value is -16.2. The van der Waals surface area contributed by atoms with Crippen molar-refractivity contribution in [2.75, 3.05) is 9.80 Å². The van der Waals surface area contributed by atoms with E-state index in [0.29, 0.717) is 6.42 Å². The minimum Gasteiger partial charge on any atom is -0.393 e. The molecule has 661 valence electrons. The van der Waals surface area contributed by atoms with Gasteiger partial charge in [0, 0.05) is 111 Å². The molecule has 0 aliphatic heterocycles. The van der Waals surface area contributed by atoms with Gasteiger partial charge in [0.15, 0.2) is 0 Å². The number of pyridine rings is 2. The quantitative estimate of drug-likeness (QED) is 0.0686. The monoisotopic (exact) mass is 1940 g/mol. The smallest absolute Gasteiger partial charge is 0.0970 e. The van der Waals surface area contributed by atoms with Crippen LogP contribution in [0.5, 0.6) is 0 Å². The molecule has 10 heteroatoms. The van der Waals surface area contributed by atoms with Gasteiger partial charge in [0.25, 0.3) is 0 Å². The normalized spacial score (nSPS) is 11.9. The van der Waals surface area contributed by atoms with Gasteiger partial charge < -0.3 is 29.6 Å². The average molecular weight is 1940 g/mol. The number of hydrogen-bond donors (Lipinski definition) is 2. The van der Waals surface area contributed by atoms with E-state index in [0.717, 1.165) is 78.6 Å². The van der Waals surface area contributed by atoms with Crippen LogP contribution in [0.3, 0.4) is 0 Å². The maximum Gasteiger partial charge on any atom is 0.0970 e. The van der Waals surface area contributed by atoms with Crippen molar-refractivity contribution in [1.82, 2.24) is 24.5 Å². The van der Waals surface area contributed by atoms with Crippen molar-refractivity contribution in [1.29, 1.82) is 0 Å². The summed E-state index contributed by atoms with van der Waals surface area (Å²) < 4.78 is 2.36. The summed E-state index contributed by atoms with van der Waals surface area (Å²) in [6.45, 7) is 7.23. The number of rotatable bonds is 17. The third kappa shape index (κ3) is 19.4. The summed E-state index contributed by atoms with van der Waals surface area (Å²) in [6, 6.07) is 173. The zero-order chi connectivity index (χ0) is 91.8. The molecule has 22 aromatic rings. The van der Waals surface area contributed by atoms with Crippen LogP contribution in [-0.2, 0) is 25.5 Å². The van der Waals surface area contributed by atoms with Gasteiger partial charge in [-0.15, -0.1) is 35.9 Å². The minimum atomic E-state index is -0.401. The van der Waals surface area contributed by atoms with Gasteiger partial charge in [0.2, 0.25) is 0 Å².